The third kappa shape index (κ3) is 1.91. The number of nitrogens with zero attached hydrogens (tertiary/aromatic N) is 1. The maximum Gasteiger partial charge on any atom is 0.269 e. The molecule has 0 atom stereocenters. The van der Waals surface area contributed by atoms with Gasteiger partial charge >= 0.3 is 0 Å². The van der Waals surface area contributed by atoms with E-state index in [0.717, 1.165) is 0 Å². The third-order valence-corrected chi connectivity index (χ3v) is 1.59. The van der Waals surface area contributed by atoms with Crippen LogP contribution in [0.5, 0.6) is 0 Å². The summed E-state index contributed by atoms with van der Waals surface area (Å²) in [6.07, 6.45) is 0. The predicted octanol–water partition coefficient (Wildman–Crippen LogP) is 2.57. The minimum atomic E-state index is -0.521. The van der Waals surface area contributed by atoms with Crippen molar-refractivity contribution in [3.63, 3.8) is 0 Å². The molecule has 58 valence electrons. The van der Waals surface area contributed by atoms with Crippen molar-refractivity contribution >= 4 is 17.8 Å². The summed E-state index contributed by atoms with van der Waals surface area (Å²) in [5, 5.41) is 10.1. The van der Waals surface area contributed by atoms with E-state index in [1.54, 1.807) is 0 Å². The van der Waals surface area contributed by atoms with Gasteiger partial charge in [0.15, 0.2) is 0 Å². The largest absolute Gasteiger partial charge is 0.269 e. The molecular formula is C6H4FNO2S. The van der Waals surface area contributed by atoms with Gasteiger partial charge in [0.2, 0.25) is 0 Å². The van der Waals surface area contributed by atoms with Gasteiger partial charge < -0.3 is 0 Å². The number of non-ortho nitro benzene ring substituents is 1. The number of nitro benzene ring substituents is 1. The fraction of sp³-hybridized carbons (Fsp3) is 0. The minimum absolute atomic E-state index is 0.0252. The predicted molar refractivity (Wildman–Crippen MR) is 40.1 cm³/mol. The molecule has 0 amide bonds. The molecule has 0 heterocycles. The molecule has 0 aromatic heterocycles. The van der Waals surface area contributed by atoms with Crippen molar-refractivity contribution in [3.8, 4) is 0 Å². The van der Waals surface area contributed by atoms with Crippen LogP contribution in [0.1, 0.15) is 0 Å². The maximum atomic E-state index is 11.8. The van der Waals surface area contributed by atoms with Crippen LogP contribution in [0.3, 0.4) is 0 Å². The first-order valence-electron chi connectivity index (χ1n) is 2.77. The number of nitro groups is 1. The molecule has 0 aliphatic heterocycles. The fourth-order valence-corrected chi connectivity index (χ4v) is 0.858. The van der Waals surface area contributed by atoms with Crippen molar-refractivity contribution in [2.45, 2.75) is 4.90 Å². The molecular weight excluding hydrogens is 169 g/mol. The van der Waals surface area contributed by atoms with E-state index in [1.165, 1.54) is 24.3 Å². The van der Waals surface area contributed by atoms with E-state index in [0.29, 0.717) is 4.90 Å². The Labute approximate surface area is 66.7 Å². The van der Waals surface area contributed by atoms with E-state index < -0.39 is 4.92 Å². The van der Waals surface area contributed by atoms with Crippen LogP contribution in [0.2, 0.25) is 0 Å². The lowest BCUT2D eigenvalue weighted by Gasteiger charge is -1.91. The van der Waals surface area contributed by atoms with Gasteiger partial charge in [0, 0.05) is 17.0 Å². The van der Waals surface area contributed by atoms with E-state index in [-0.39, 0.29) is 17.8 Å². The first-order valence-corrected chi connectivity index (χ1v) is 3.49. The zero-order chi connectivity index (χ0) is 8.27. The second-order valence-electron chi connectivity index (χ2n) is 1.83. The Morgan fingerprint density at radius 1 is 1.36 bits per heavy atom. The number of hydrogen-bond acceptors (Lipinski definition) is 3. The highest BCUT2D eigenvalue weighted by molar-refractivity contribution is 7.94. The summed E-state index contributed by atoms with van der Waals surface area (Å²) in [5.74, 6) is 0. The molecule has 0 radical (unpaired) electrons. The molecule has 1 aromatic rings. The lowest BCUT2D eigenvalue weighted by Crippen LogP contribution is -1.85. The van der Waals surface area contributed by atoms with Crippen LogP contribution < -0.4 is 0 Å². The molecule has 0 fully saturated rings. The number of hydrogen-bond donors (Lipinski definition) is 0. The second-order valence-corrected chi connectivity index (χ2v) is 2.45. The summed E-state index contributed by atoms with van der Waals surface area (Å²) < 4.78 is 11.8. The Hall–Kier alpha value is -1.10. The first-order chi connectivity index (χ1) is 5.24. The monoisotopic (exact) mass is 173 g/mol. The van der Waals surface area contributed by atoms with Gasteiger partial charge in [0.1, 0.15) is 0 Å². The van der Waals surface area contributed by atoms with Gasteiger partial charge in [-0.3, -0.25) is 10.1 Å². The quantitative estimate of drug-likeness (QED) is 0.510. The molecule has 1 aromatic carbocycles. The van der Waals surface area contributed by atoms with Crippen molar-refractivity contribution < 1.29 is 8.81 Å². The van der Waals surface area contributed by atoms with E-state index in [4.69, 9.17) is 0 Å². The highest BCUT2D eigenvalue weighted by Crippen LogP contribution is 2.21. The topological polar surface area (TPSA) is 43.1 Å². The number of rotatable bonds is 2. The number of benzene rings is 1. The van der Waals surface area contributed by atoms with Crippen molar-refractivity contribution in [1.29, 1.82) is 0 Å². The lowest BCUT2D eigenvalue weighted by atomic mass is 10.3. The van der Waals surface area contributed by atoms with Crippen LogP contribution in [0.15, 0.2) is 29.2 Å². The van der Waals surface area contributed by atoms with Gasteiger partial charge in [-0.2, -0.15) is 3.89 Å². The van der Waals surface area contributed by atoms with Crippen LogP contribution in [-0.2, 0) is 0 Å². The van der Waals surface area contributed by atoms with Crippen LogP contribution >= 0.6 is 12.1 Å². The molecule has 0 bridgehead atoms. The summed E-state index contributed by atoms with van der Waals surface area (Å²) >= 11 is 0.0666. The van der Waals surface area contributed by atoms with Gasteiger partial charge in [0.05, 0.1) is 17.1 Å². The first kappa shape index (κ1) is 8.00. The molecule has 0 unspecified atom stereocenters. The fourth-order valence-electron chi connectivity index (χ4n) is 0.619. The minimum Gasteiger partial charge on any atom is -0.258 e. The normalized spacial score (nSPS) is 9.55. The molecule has 1 rings (SSSR count). The average molecular weight is 173 g/mol. The highest BCUT2D eigenvalue weighted by atomic mass is 32.2. The Bertz CT molecular complexity index is 262. The summed E-state index contributed by atoms with van der Waals surface area (Å²) in [5.41, 5.74) is -0.0252. The van der Waals surface area contributed by atoms with Crippen molar-refractivity contribution in [3.05, 3.63) is 34.4 Å². The van der Waals surface area contributed by atoms with Crippen LogP contribution in [0, 0.1) is 10.1 Å². The van der Waals surface area contributed by atoms with E-state index >= 15 is 0 Å². The van der Waals surface area contributed by atoms with E-state index in [9.17, 15) is 14.0 Å². The molecule has 5 heteroatoms. The van der Waals surface area contributed by atoms with Gasteiger partial charge in [0.25, 0.3) is 5.69 Å². The lowest BCUT2D eigenvalue weighted by molar-refractivity contribution is -0.384. The standard InChI is InChI=1S/C6H4FNO2S/c7-11-6-3-1-5(2-4-6)8(9)10/h1-4H. The van der Waals surface area contributed by atoms with E-state index in [2.05, 4.69) is 0 Å². The summed E-state index contributed by atoms with van der Waals surface area (Å²) in [6, 6.07) is 5.26. The Balaban J connectivity index is 2.91. The Morgan fingerprint density at radius 3 is 2.27 bits per heavy atom. The Kier molecular flexibility index (Phi) is 2.43. The molecule has 0 saturated carbocycles. The van der Waals surface area contributed by atoms with E-state index in [1.807, 2.05) is 0 Å². The van der Waals surface area contributed by atoms with Crippen LogP contribution in [0.4, 0.5) is 9.57 Å². The molecule has 0 aliphatic carbocycles. The number of halogens is 1. The SMILES string of the molecule is O=[N+]([O-])c1ccc(SF)cc1. The summed E-state index contributed by atoms with van der Waals surface area (Å²) in [4.78, 5) is 9.96. The van der Waals surface area contributed by atoms with Crippen LogP contribution in [0.25, 0.3) is 0 Å². The van der Waals surface area contributed by atoms with Gasteiger partial charge in [-0.1, -0.05) is 0 Å². The zero-order valence-corrected chi connectivity index (χ0v) is 6.18. The average Bonchev–Trinajstić information content (AvgIpc) is 2.05. The summed E-state index contributed by atoms with van der Waals surface area (Å²) in [7, 11) is 0. The van der Waals surface area contributed by atoms with Crippen LogP contribution in [-0.4, -0.2) is 4.92 Å². The van der Waals surface area contributed by atoms with Crippen molar-refractivity contribution in [2.24, 2.45) is 0 Å². The molecule has 0 saturated heterocycles. The van der Waals surface area contributed by atoms with Gasteiger partial charge in [-0.25, -0.2) is 0 Å². The van der Waals surface area contributed by atoms with Gasteiger partial charge in [-0.05, 0) is 12.1 Å². The molecule has 0 spiro atoms. The third-order valence-electron chi connectivity index (χ3n) is 1.14. The highest BCUT2D eigenvalue weighted by Gasteiger charge is 2.03. The molecule has 3 nitrogen and oxygen atoms in total. The van der Waals surface area contributed by atoms with Crippen molar-refractivity contribution in [1.82, 2.24) is 0 Å². The van der Waals surface area contributed by atoms with Crippen molar-refractivity contribution in [2.75, 3.05) is 0 Å². The Morgan fingerprint density at radius 2 is 1.91 bits per heavy atom. The maximum absolute atomic E-state index is 11.8. The van der Waals surface area contributed by atoms with Gasteiger partial charge in [-0.15, -0.1) is 0 Å². The molecule has 0 N–H and O–H groups in total. The molecule has 11 heavy (non-hydrogen) atoms. The summed E-state index contributed by atoms with van der Waals surface area (Å²) in [6.45, 7) is 0. The zero-order valence-electron chi connectivity index (χ0n) is 5.36. The molecule has 0 aliphatic rings. The second kappa shape index (κ2) is 3.34. The smallest absolute Gasteiger partial charge is 0.258 e.